The van der Waals surface area contributed by atoms with Crippen LogP contribution in [0.2, 0.25) is 5.02 Å². The van der Waals surface area contributed by atoms with E-state index in [1.54, 1.807) is 18.2 Å². The molecule has 0 unspecified atom stereocenters. The SMILES string of the molecule is C=CC(=O)N(C(=O)C=N)c1cccc(Cl)c1. The summed E-state index contributed by atoms with van der Waals surface area (Å²) in [5.41, 5.74) is 0.311. The molecule has 0 aliphatic heterocycles. The molecular weight excluding hydrogens is 228 g/mol. The molecule has 0 radical (unpaired) electrons. The first-order chi connectivity index (χ1) is 7.60. The number of rotatable bonds is 3. The van der Waals surface area contributed by atoms with Crippen LogP contribution in [0.25, 0.3) is 0 Å². The molecule has 0 aromatic heterocycles. The van der Waals surface area contributed by atoms with Gasteiger partial charge in [0.2, 0.25) is 0 Å². The van der Waals surface area contributed by atoms with E-state index in [2.05, 4.69) is 6.58 Å². The van der Waals surface area contributed by atoms with Gasteiger partial charge in [-0.2, -0.15) is 0 Å². The summed E-state index contributed by atoms with van der Waals surface area (Å²) in [6.45, 7) is 3.29. The molecule has 0 aliphatic carbocycles. The number of imide groups is 1. The summed E-state index contributed by atoms with van der Waals surface area (Å²) in [7, 11) is 0. The van der Waals surface area contributed by atoms with Gasteiger partial charge >= 0.3 is 0 Å². The number of nitrogens with zero attached hydrogens (tertiary/aromatic N) is 1. The van der Waals surface area contributed by atoms with Crippen LogP contribution in [0.4, 0.5) is 5.69 Å². The van der Waals surface area contributed by atoms with Crippen LogP contribution in [-0.2, 0) is 9.59 Å². The van der Waals surface area contributed by atoms with Crippen molar-refractivity contribution >= 4 is 35.3 Å². The molecule has 16 heavy (non-hydrogen) atoms. The summed E-state index contributed by atoms with van der Waals surface area (Å²) in [6, 6.07) is 6.24. The molecule has 0 saturated carbocycles. The molecule has 5 heteroatoms. The summed E-state index contributed by atoms with van der Waals surface area (Å²) in [5, 5.41) is 7.27. The second-order valence-corrected chi connectivity index (χ2v) is 3.28. The third kappa shape index (κ3) is 2.55. The van der Waals surface area contributed by atoms with Gasteiger partial charge in [-0.05, 0) is 24.3 Å². The van der Waals surface area contributed by atoms with E-state index < -0.39 is 11.8 Å². The highest BCUT2D eigenvalue weighted by Crippen LogP contribution is 2.19. The van der Waals surface area contributed by atoms with Crippen LogP contribution in [-0.4, -0.2) is 18.0 Å². The number of carbonyl (C=O) groups is 2. The Hall–Kier alpha value is -1.94. The maximum absolute atomic E-state index is 11.5. The molecule has 0 saturated heterocycles. The van der Waals surface area contributed by atoms with Crippen molar-refractivity contribution < 1.29 is 9.59 Å². The molecular formula is C11H9ClN2O2. The van der Waals surface area contributed by atoms with E-state index in [9.17, 15) is 9.59 Å². The van der Waals surface area contributed by atoms with Gasteiger partial charge in [-0.25, -0.2) is 4.90 Å². The van der Waals surface area contributed by atoms with Crippen LogP contribution >= 0.6 is 11.6 Å². The lowest BCUT2D eigenvalue weighted by Crippen LogP contribution is -2.36. The minimum atomic E-state index is -0.743. The van der Waals surface area contributed by atoms with Crippen LogP contribution in [0.3, 0.4) is 0 Å². The first-order valence-electron chi connectivity index (χ1n) is 4.36. The van der Waals surface area contributed by atoms with E-state index in [-0.39, 0.29) is 0 Å². The minimum Gasteiger partial charge on any atom is -0.303 e. The summed E-state index contributed by atoms with van der Waals surface area (Å²) < 4.78 is 0. The van der Waals surface area contributed by atoms with E-state index >= 15 is 0 Å². The fourth-order valence-corrected chi connectivity index (χ4v) is 1.32. The van der Waals surface area contributed by atoms with Crippen molar-refractivity contribution in [3.8, 4) is 0 Å². The molecule has 0 fully saturated rings. The number of benzene rings is 1. The normalized spacial score (nSPS) is 9.31. The molecule has 0 bridgehead atoms. The third-order valence-electron chi connectivity index (χ3n) is 1.81. The maximum atomic E-state index is 11.5. The lowest BCUT2D eigenvalue weighted by molar-refractivity contribution is -0.120. The number of anilines is 1. The topological polar surface area (TPSA) is 61.2 Å². The second-order valence-electron chi connectivity index (χ2n) is 2.84. The van der Waals surface area contributed by atoms with Crippen molar-refractivity contribution in [3.63, 3.8) is 0 Å². The van der Waals surface area contributed by atoms with E-state index in [0.717, 1.165) is 11.0 Å². The van der Waals surface area contributed by atoms with E-state index in [1.165, 1.54) is 6.07 Å². The van der Waals surface area contributed by atoms with Crippen LogP contribution in [0, 0.1) is 5.41 Å². The number of halogens is 1. The predicted octanol–water partition coefficient (Wildman–Crippen LogP) is 2.04. The Balaban J connectivity index is 3.20. The maximum Gasteiger partial charge on any atom is 0.275 e. The predicted molar refractivity (Wildman–Crippen MR) is 62.9 cm³/mol. The molecule has 1 rings (SSSR count). The largest absolute Gasteiger partial charge is 0.303 e. The monoisotopic (exact) mass is 236 g/mol. The Morgan fingerprint density at radius 2 is 2.06 bits per heavy atom. The molecule has 1 aromatic rings. The van der Waals surface area contributed by atoms with Crippen LogP contribution in [0.1, 0.15) is 0 Å². The van der Waals surface area contributed by atoms with Gasteiger partial charge in [-0.15, -0.1) is 0 Å². The molecule has 82 valence electrons. The van der Waals surface area contributed by atoms with E-state index in [0.29, 0.717) is 16.9 Å². The van der Waals surface area contributed by atoms with Crippen molar-refractivity contribution in [3.05, 3.63) is 41.9 Å². The molecule has 0 heterocycles. The zero-order valence-corrected chi connectivity index (χ0v) is 9.07. The highest BCUT2D eigenvalue weighted by Gasteiger charge is 2.19. The minimum absolute atomic E-state index is 0.311. The van der Waals surface area contributed by atoms with Gasteiger partial charge in [0, 0.05) is 5.02 Å². The lowest BCUT2D eigenvalue weighted by atomic mass is 10.2. The van der Waals surface area contributed by atoms with E-state index in [4.69, 9.17) is 17.0 Å². The zero-order chi connectivity index (χ0) is 12.1. The van der Waals surface area contributed by atoms with Crippen LogP contribution in [0.5, 0.6) is 0 Å². The molecule has 1 N–H and O–H groups in total. The van der Waals surface area contributed by atoms with Crippen molar-refractivity contribution in [2.45, 2.75) is 0 Å². The van der Waals surface area contributed by atoms with Gasteiger partial charge < -0.3 is 5.41 Å². The molecule has 1 aromatic carbocycles. The van der Waals surface area contributed by atoms with Crippen molar-refractivity contribution in [1.29, 1.82) is 5.41 Å². The Kier molecular flexibility index (Phi) is 3.96. The average molecular weight is 237 g/mol. The molecule has 4 nitrogen and oxygen atoms in total. The number of hydrogen-bond acceptors (Lipinski definition) is 3. The van der Waals surface area contributed by atoms with Gasteiger partial charge in [0.25, 0.3) is 11.8 Å². The molecule has 0 atom stereocenters. The highest BCUT2D eigenvalue weighted by atomic mass is 35.5. The van der Waals surface area contributed by atoms with Crippen molar-refractivity contribution in [1.82, 2.24) is 0 Å². The number of nitrogens with one attached hydrogen (secondary N) is 1. The standard InChI is InChI=1S/C11H9ClN2O2/c1-2-10(15)14(11(16)7-13)9-5-3-4-8(12)6-9/h2-7,13H,1H2. The zero-order valence-electron chi connectivity index (χ0n) is 8.31. The third-order valence-corrected chi connectivity index (χ3v) is 2.04. The molecule has 0 spiro atoms. The van der Waals surface area contributed by atoms with Gasteiger partial charge in [0.05, 0.1) is 11.9 Å². The first kappa shape index (κ1) is 12.1. The van der Waals surface area contributed by atoms with Crippen molar-refractivity contribution in [2.75, 3.05) is 4.90 Å². The summed E-state index contributed by atoms with van der Waals surface area (Å²) >= 11 is 5.75. The Labute approximate surface area is 97.6 Å². The molecule has 2 amide bonds. The molecule has 0 aliphatic rings. The number of carbonyl (C=O) groups excluding carboxylic acids is 2. The fourth-order valence-electron chi connectivity index (χ4n) is 1.13. The Morgan fingerprint density at radius 1 is 1.38 bits per heavy atom. The highest BCUT2D eigenvalue weighted by molar-refractivity contribution is 6.39. The van der Waals surface area contributed by atoms with Crippen LogP contribution in [0.15, 0.2) is 36.9 Å². The summed E-state index contributed by atoms with van der Waals surface area (Å²) in [4.78, 5) is 23.7. The lowest BCUT2D eigenvalue weighted by Gasteiger charge is -2.17. The summed E-state index contributed by atoms with van der Waals surface area (Å²) in [6.07, 6.45) is 1.56. The fraction of sp³-hybridized carbons (Fsp3) is 0. The van der Waals surface area contributed by atoms with Crippen molar-refractivity contribution in [2.24, 2.45) is 0 Å². The quantitative estimate of drug-likeness (QED) is 0.645. The first-order valence-corrected chi connectivity index (χ1v) is 4.74. The van der Waals surface area contributed by atoms with E-state index in [1.807, 2.05) is 0 Å². The number of hydrogen-bond donors (Lipinski definition) is 1. The smallest absolute Gasteiger partial charge is 0.275 e. The Bertz CT molecular complexity index is 437. The van der Waals surface area contributed by atoms with Gasteiger partial charge in [0.1, 0.15) is 0 Å². The summed E-state index contributed by atoms with van der Waals surface area (Å²) in [5.74, 6) is -1.34. The van der Waals surface area contributed by atoms with Gasteiger partial charge in [-0.3, -0.25) is 9.59 Å². The Morgan fingerprint density at radius 3 is 2.56 bits per heavy atom. The van der Waals surface area contributed by atoms with Gasteiger partial charge in [-0.1, -0.05) is 24.2 Å². The van der Waals surface area contributed by atoms with Crippen LogP contribution < -0.4 is 4.90 Å². The number of amides is 2. The van der Waals surface area contributed by atoms with Gasteiger partial charge in [0.15, 0.2) is 0 Å². The average Bonchev–Trinajstić information content (AvgIpc) is 2.29. The second kappa shape index (κ2) is 5.23.